The average Bonchev–Trinajstić information content (AvgIpc) is 2.76. The Labute approximate surface area is 112 Å². The molecule has 1 aromatic carbocycles. The molecule has 19 heavy (non-hydrogen) atoms. The summed E-state index contributed by atoms with van der Waals surface area (Å²) in [6.45, 7) is 2.03. The summed E-state index contributed by atoms with van der Waals surface area (Å²) in [4.78, 5) is 6.69. The molecule has 1 fully saturated rings. The van der Waals surface area contributed by atoms with Crippen LogP contribution in [0, 0.1) is 0 Å². The number of nitrogens with two attached hydrogens (primary N) is 1. The van der Waals surface area contributed by atoms with Gasteiger partial charge in [0, 0.05) is 24.3 Å². The highest BCUT2D eigenvalue weighted by atomic mass is 16.5. The zero-order chi connectivity index (χ0) is 13.1. The van der Waals surface area contributed by atoms with E-state index in [1.807, 2.05) is 24.3 Å². The summed E-state index contributed by atoms with van der Waals surface area (Å²) in [5, 5.41) is 4.09. The molecule has 0 bridgehead atoms. The van der Waals surface area contributed by atoms with Crippen LogP contribution in [0.4, 0.5) is 11.6 Å². The fourth-order valence-electron chi connectivity index (χ4n) is 2.36. The Balaban J connectivity index is 1.80. The highest BCUT2D eigenvalue weighted by Crippen LogP contribution is 2.22. The standard InChI is InChI=1S/C14H18N4O/c15-12-7-5-11(6-8-12)13-16-14(17-19-13)18-9-3-1-2-4-10-18/h5-8H,1-4,9-10,15H2. The number of benzene rings is 1. The van der Waals surface area contributed by atoms with Crippen LogP contribution in [0.3, 0.4) is 0 Å². The van der Waals surface area contributed by atoms with E-state index in [2.05, 4.69) is 15.0 Å². The molecular formula is C14H18N4O. The first-order chi connectivity index (χ1) is 9.33. The molecule has 0 unspecified atom stereocenters. The van der Waals surface area contributed by atoms with Crippen LogP contribution < -0.4 is 10.6 Å². The second-order valence-electron chi connectivity index (χ2n) is 4.92. The minimum atomic E-state index is 0.555. The van der Waals surface area contributed by atoms with E-state index in [9.17, 15) is 0 Å². The van der Waals surface area contributed by atoms with E-state index in [0.29, 0.717) is 11.8 Å². The number of anilines is 2. The maximum absolute atomic E-state index is 5.67. The molecule has 5 nitrogen and oxygen atoms in total. The molecule has 0 atom stereocenters. The lowest BCUT2D eigenvalue weighted by molar-refractivity contribution is 0.429. The van der Waals surface area contributed by atoms with Gasteiger partial charge >= 0.3 is 0 Å². The van der Waals surface area contributed by atoms with Gasteiger partial charge in [0.15, 0.2) is 0 Å². The molecule has 5 heteroatoms. The van der Waals surface area contributed by atoms with Gasteiger partial charge in [-0.05, 0) is 42.3 Å². The van der Waals surface area contributed by atoms with Gasteiger partial charge in [-0.15, -0.1) is 0 Å². The summed E-state index contributed by atoms with van der Waals surface area (Å²) in [5.41, 5.74) is 7.31. The second-order valence-corrected chi connectivity index (χ2v) is 4.92. The molecular weight excluding hydrogens is 240 g/mol. The predicted molar refractivity (Wildman–Crippen MR) is 74.8 cm³/mol. The van der Waals surface area contributed by atoms with Gasteiger partial charge in [0.2, 0.25) is 0 Å². The van der Waals surface area contributed by atoms with Crippen molar-refractivity contribution in [2.24, 2.45) is 0 Å². The average molecular weight is 258 g/mol. The van der Waals surface area contributed by atoms with Gasteiger partial charge in [0.05, 0.1) is 0 Å². The molecule has 2 N–H and O–H groups in total. The summed E-state index contributed by atoms with van der Waals surface area (Å²) >= 11 is 0. The molecule has 2 heterocycles. The molecule has 0 aliphatic carbocycles. The first-order valence-corrected chi connectivity index (χ1v) is 6.77. The third-order valence-electron chi connectivity index (χ3n) is 3.46. The minimum Gasteiger partial charge on any atom is -0.399 e. The lowest BCUT2D eigenvalue weighted by atomic mass is 10.2. The zero-order valence-electron chi connectivity index (χ0n) is 10.9. The van der Waals surface area contributed by atoms with Crippen molar-refractivity contribution >= 4 is 11.6 Å². The maximum Gasteiger partial charge on any atom is 0.266 e. The van der Waals surface area contributed by atoms with Crippen molar-refractivity contribution in [3.8, 4) is 11.5 Å². The number of hydrogen-bond donors (Lipinski definition) is 1. The van der Waals surface area contributed by atoms with E-state index in [4.69, 9.17) is 10.3 Å². The van der Waals surface area contributed by atoms with Gasteiger partial charge in [0.1, 0.15) is 0 Å². The van der Waals surface area contributed by atoms with Gasteiger partial charge in [-0.2, -0.15) is 4.98 Å². The lowest BCUT2D eigenvalue weighted by Crippen LogP contribution is -2.24. The van der Waals surface area contributed by atoms with Gasteiger partial charge < -0.3 is 15.2 Å². The van der Waals surface area contributed by atoms with E-state index < -0.39 is 0 Å². The Bertz CT molecular complexity index is 527. The molecule has 1 aliphatic heterocycles. The van der Waals surface area contributed by atoms with Crippen molar-refractivity contribution in [1.82, 2.24) is 10.1 Å². The van der Waals surface area contributed by atoms with Crippen LogP contribution in [-0.2, 0) is 0 Å². The van der Waals surface area contributed by atoms with E-state index in [0.717, 1.165) is 24.3 Å². The summed E-state index contributed by atoms with van der Waals surface area (Å²) in [7, 11) is 0. The van der Waals surface area contributed by atoms with Crippen molar-refractivity contribution in [1.29, 1.82) is 0 Å². The Hall–Kier alpha value is -2.04. The van der Waals surface area contributed by atoms with E-state index in [1.165, 1.54) is 25.7 Å². The van der Waals surface area contributed by atoms with Crippen LogP contribution in [0.25, 0.3) is 11.5 Å². The van der Waals surface area contributed by atoms with Gasteiger partial charge in [0.25, 0.3) is 11.8 Å². The van der Waals surface area contributed by atoms with Crippen LogP contribution in [0.2, 0.25) is 0 Å². The zero-order valence-corrected chi connectivity index (χ0v) is 10.9. The second kappa shape index (κ2) is 5.30. The first kappa shape index (κ1) is 12.0. The van der Waals surface area contributed by atoms with Gasteiger partial charge in [-0.25, -0.2) is 0 Å². The first-order valence-electron chi connectivity index (χ1n) is 6.77. The molecule has 1 aromatic heterocycles. The Morgan fingerprint density at radius 3 is 2.37 bits per heavy atom. The molecule has 0 amide bonds. The Morgan fingerprint density at radius 1 is 1.00 bits per heavy atom. The highest BCUT2D eigenvalue weighted by Gasteiger charge is 2.16. The minimum absolute atomic E-state index is 0.555. The number of nitrogen functional groups attached to an aromatic ring is 1. The monoisotopic (exact) mass is 258 g/mol. The van der Waals surface area contributed by atoms with Crippen molar-refractivity contribution in [2.45, 2.75) is 25.7 Å². The number of rotatable bonds is 2. The van der Waals surface area contributed by atoms with Crippen molar-refractivity contribution in [2.75, 3.05) is 23.7 Å². The topological polar surface area (TPSA) is 68.2 Å². The molecule has 3 rings (SSSR count). The summed E-state index contributed by atoms with van der Waals surface area (Å²) in [6.07, 6.45) is 4.98. The fraction of sp³-hybridized carbons (Fsp3) is 0.429. The molecule has 0 saturated carbocycles. The number of hydrogen-bond acceptors (Lipinski definition) is 5. The lowest BCUT2D eigenvalue weighted by Gasteiger charge is -2.16. The summed E-state index contributed by atoms with van der Waals surface area (Å²) in [5.74, 6) is 1.26. The molecule has 2 aromatic rings. The molecule has 1 saturated heterocycles. The van der Waals surface area contributed by atoms with Crippen LogP contribution in [0.5, 0.6) is 0 Å². The molecule has 0 radical (unpaired) electrons. The van der Waals surface area contributed by atoms with Crippen LogP contribution in [0.1, 0.15) is 25.7 Å². The van der Waals surface area contributed by atoms with E-state index in [1.54, 1.807) is 0 Å². The fourth-order valence-corrected chi connectivity index (χ4v) is 2.36. The van der Waals surface area contributed by atoms with Crippen molar-refractivity contribution < 1.29 is 4.52 Å². The van der Waals surface area contributed by atoms with Crippen molar-refractivity contribution in [3.05, 3.63) is 24.3 Å². The SMILES string of the molecule is Nc1ccc(-c2nc(N3CCCCCC3)no2)cc1. The van der Waals surface area contributed by atoms with Crippen molar-refractivity contribution in [3.63, 3.8) is 0 Å². The molecule has 1 aliphatic rings. The van der Waals surface area contributed by atoms with Gasteiger partial charge in [-0.1, -0.05) is 12.8 Å². The van der Waals surface area contributed by atoms with Crippen LogP contribution in [0.15, 0.2) is 28.8 Å². The van der Waals surface area contributed by atoms with E-state index in [-0.39, 0.29) is 0 Å². The maximum atomic E-state index is 5.67. The van der Waals surface area contributed by atoms with Crippen LogP contribution in [-0.4, -0.2) is 23.2 Å². The quantitative estimate of drug-likeness (QED) is 0.839. The van der Waals surface area contributed by atoms with E-state index >= 15 is 0 Å². The molecule has 100 valence electrons. The largest absolute Gasteiger partial charge is 0.399 e. The summed E-state index contributed by atoms with van der Waals surface area (Å²) < 4.78 is 5.34. The normalized spacial score (nSPS) is 16.3. The highest BCUT2D eigenvalue weighted by molar-refractivity contribution is 5.58. The third kappa shape index (κ3) is 2.70. The van der Waals surface area contributed by atoms with Crippen LogP contribution >= 0.6 is 0 Å². The third-order valence-corrected chi connectivity index (χ3v) is 3.46. The number of nitrogens with zero attached hydrogens (tertiary/aromatic N) is 3. The predicted octanol–water partition coefficient (Wildman–Crippen LogP) is 2.70. The smallest absolute Gasteiger partial charge is 0.266 e. The molecule has 0 spiro atoms. The Kier molecular flexibility index (Phi) is 3.35. The summed E-state index contributed by atoms with van der Waals surface area (Å²) in [6, 6.07) is 7.47. The Morgan fingerprint density at radius 2 is 1.68 bits per heavy atom. The number of aromatic nitrogens is 2. The van der Waals surface area contributed by atoms with Gasteiger partial charge in [-0.3, -0.25) is 0 Å².